The van der Waals surface area contributed by atoms with Gasteiger partial charge in [0.05, 0.1) is 7.11 Å². The van der Waals surface area contributed by atoms with Crippen molar-refractivity contribution in [2.24, 2.45) is 0 Å². The average molecular weight is 270 g/mol. The molecule has 0 aromatic heterocycles. The second-order valence-electron chi connectivity index (χ2n) is 4.06. The predicted molar refractivity (Wildman–Crippen MR) is 61.4 cm³/mol. The molecule has 0 radical (unpaired) electrons. The van der Waals surface area contributed by atoms with Crippen molar-refractivity contribution in [1.82, 2.24) is 0 Å². The maximum Gasteiger partial charge on any atom is 0.347 e. The average Bonchev–Trinajstić information content (AvgIpc) is 2.35. The quantitative estimate of drug-likeness (QED) is 0.477. The Labute approximate surface area is 106 Å². The first-order valence-corrected chi connectivity index (χ1v) is 6.13. The minimum atomic E-state index is -3.86. The fourth-order valence-corrected chi connectivity index (χ4v) is 1.44. The third-order valence-electron chi connectivity index (χ3n) is 2.54. The highest BCUT2D eigenvalue weighted by molar-refractivity contribution is 5.75. The Balaban J connectivity index is 4.67. The Hall–Kier alpha value is -0.780. The van der Waals surface area contributed by atoms with Gasteiger partial charge in [0, 0.05) is 6.61 Å². The number of methoxy groups -OCH3 is 1. The van der Waals surface area contributed by atoms with Crippen LogP contribution >= 0.6 is 0 Å². The molecule has 0 heterocycles. The van der Waals surface area contributed by atoms with E-state index in [-0.39, 0.29) is 13.0 Å². The van der Waals surface area contributed by atoms with E-state index in [1.54, 1.807) is 6.92 Å². The summed E-state index contributed by atoms with van der Waals surface area (Å²) in [6, 6.07) is 0. The number of ether oxygens (including phenoxy) is 2. The van der Waals surface area contributed by atoms with Gasteiger partial charge in [-0.2, -0.15) is 8.78 Å². The number of hydrogen-bond acceptors (Lipinski definition) is 3. The highest BCUT2D eigenvalue weighted by atomic mass is 19.3. The molecule has 0 fully saturated rings. The van der Waals surface area contributed by atoms with E-state index in [0.29, 0.717) is 12.8 Å². The molecule has 6 heteroatoms. The van der Waals surface area contributed by atoms with Crippen molar-refractivity contribution >= 4 is 5.97 Å². The van der Waals surface area contributed by atoms with Gasteiger partial charge in [0.15, 0.2) is 0 Å². The summed E-state index contributed by atoms with van der Waals surface area (Å²) in [5.74, 6) is -5.43. The summed E-state index contributed by atoms with van der Waals surface area (Å²) < 4.78 is 49.8. The fraction of sp³-hybridized carbons (Fsp3) is 0.917. The normalized spacial score (nSPS) is 15.2. The van der Waals surface area contributed by atoms with E-state index in [1.165, 1.54) is 0 Å². The van der Waals surface area contributed by atoms with Crippen molar-refractivity contribution in [2.75, 3.05) is 13.7 Å². The lowest BCUT2D eigenvalue weighted by Gasteiger charge is -2.28. The van der Waals surface area contributed by atoms with Crippen molar-refractivity contribution in [3.05, 3.63) is 0 Å². The molecule has 0 aromatic rings. The van der Waals surface area contributed by atoms with Gasteiger partial charge < -0.3 is 9.47 Å². The summed E-state index contributed by atoms with van der Waals surface area (Å²) >= 11 is 0. The third kappa shape index (κ3) is 4.84. The lowest BCUT2D eigenvalue weighted by atomic mass is 10.0. The molecule has 0 amide bonds. The Kier molecular flexibility index (Phi) is 7.98. The lowest BCUT2D eigenvalue weighted by Crippen LogP contribution is -2.48. The van der Waals surface area contributed by atoms with Crippen molar-refractivity contribution in [1.29, 1.82) is 0 Å². The molecule has 3 nitrogen and oxygen atoms in total. The molecule has 0 saturated carbocycles. The summed E-state index contributed by atoms with van der Waals surface area (Å²) in [4.78, 5) is 10.9. The Morgan fingerprint density at radius 3 is 2.33 bits per heavy atom. The number of carbonyl (C=O) groups excluding carboxylic acids is 1. The number of unbranched alkanes of at least 4 members (excludes halogenated alkanes) is 1. The zero-order valence-electron chi connectivity index (χ0n) is 11.0. The van der Waals surface area contributed by atoms with Gasteiger partial charge in [-0.3, -0.25) is 0 Å². The second kappa shape index (κ2) is 8.34. The number of carbonyl (C=O) groups is 1. The van der Waals surface area contributed by atoms with Crippen molar-refractivity contribution in [2.45, 2.75) is 57.7 Å². The maximum absolute atomic E-state index is 13.7. The van der Waals surface area contributed by atoms with Crippen LogP contribution < -0.4 is 0 Å². The van der Waals surface area contributed by atoms with Gasteiger partial charge in [-0.25, -0.2) is 9.18 Å². The van der Waals surface area contributed by atoms with Crippen LogP contribution in [0.25, 0.3) is 0 Å². The van der Waals surface area contributed by atoms with Crippen molar-refractivity contribution < 1.29 is 27.4 Å². The van der Waals surface area contributed by atoms with E-state index in [4.69, 9.17) is 4.74 Å². The number of rotatable bonds is 9. The zero-order chi connectivity index (χ0) is 14.2. The zero-order valence-corrected chi connectivity index (χ0v) is 11.0. The Bertz CT molecular complexity index is 247. The van der Waals surface area contributed by atoms with Gasteiger partial charge >= 0.3 is 11.9 Å². The molecule has 0 saturated heterocycles. The van der Waals surface area contributed by atoms with E-state index >= 15 is 0 Å². The van der Waals surface area contributed by atoms with E-state index in [9.17, 15) is 18.0 Å². The number of esters is 1. The van der Waals surface area contributed by atoms with E-state index in [0.717, 1.165) is 13.5 Å². The largest absolute Gasteiger partial charge is 0.467 e. The molecule has 0 aliphatic rings. The van der Waals surface area contributed by atoms with Crippen LogP contribution in [0.1, 0.15) is 39.5 Å². The van der Waals surface area contributed by atoms with Crippen molar-refractivity contribution in [3.63, 3.8) is 0 Å². The van der Waals surface area contributed by atoms with Crippen LogP contribution in [0.2, 0.25) is 0 Å². The topological polar surface area (TPSA) is 35.5 Å². The SMILES string of the molecule is CCCCOC(CCC)C(F)(F)C(F)C(=O)OC. The van der Waals surface area contributed by atoms with Gasteiger partial charge in [0.25, 0.3) is 6.17 Å². The van der Waals surface area contributed by atoms with Gasteiger partial charge in [0.2, 0.25) is 0 Å². The highest BCUT2D eigenvalue weighted by Crippen LogP contribution is 2.31. The monoisotopic (exact) mass is 270 g/mol. The summed E-state index contributed by atoms with van der Waals surface area (Å²) in [5.41, 5.74) is 0. The molecule has 2 atom stereocenters. The van der Waals surface area contributed by atoms with Crippen LogP contribution in [-0.4, -0.2) is 37.9 Å². The smallest absolute Gasteiger partial charge is 0.347 e. The van der Waals surface area contributed by atoms with Crippen LogP contribution in [0, 0.1) is 0 Å². The summed E-state index contributed by atoms with van der Waals surface area (Å²) in [7, 11) is 0.873. The van der Waals surface area contributed by atoms with Crippen LogP contribution in [-0.2, 0) is 14.3 Å². The molecule has 0 aromatic carbocycles. The minimum absolute atomic E-state index is 0.00582. The molecule has 18 heavy (non-hydrogen) atoms. The predicted octanol–water partition coefficient (Wildman–Crippen LogP) is 3.12. The van der Waals surface area contributed by atoms with Crippen molar-refractivity contribution in [3.8, 4) is 0 Å². The fourth-order valence-electron chi connectivity index (χ4n) is 1.44. The highest BCUT2D eigenvalue weighted by Gasteiger charge is 2.52. The number of alkyl halides is 3. The number of hydrogen-bond donors (Lipinski definition) is 0. The maximum atomic E-state index is 13.7. The Morgan fingerprint density at radius 1 is 1.28 bits per heavy atom. The standard InChI is InChI=1S/C12H21F3O3/c1-4-6-8-18-9(7-5-2)12(14,15)10(13)11(16)17-3/h9-10H,4-8H2,1-3H3. The summed E-state index contributed by atoms with van der Waals surface area (Å²) in [6.45, 7) is 3.71. The first-order chi connectivity index (χ1) is 8.41. The van der Waals surface area contributed by atoms with Crippen LogP contribution in [0.3, 0.4) is 0 Å². The van der Waals surface area contributed by atoms with Crippen LogP contribution in [0.15, 0.2) is 0 Å². The number of halogens is 3. The molecule has 0 rings (SSSR count). The van der Waals surface area contributed by atoms with E-state index in [1.807, 2.05) is 6.92 Å². The van der Waals surface area contributed by atoms with Gasteiger partial charge in [-0.05, 0) is 12.8 Å². The van der Waals surface area contributed by atoms with Gasteiger partial charge in [-0.15, -0.1) is 0 Å². The molecule has 0 aliphatic heterocycles. The van der Waals surface area contributed by atoms with Crippen LogP contribution in [0.5, 0.6) is 0 Å². The third-order valence-corrected chi connectivity index (χ3v) is 2.54. The molecule has 2 unspecified atom stereocenters. The molecule has 0 bridgehead atoms. The Morgan fingerprint density at radius 2 is 1.89 bits per heavy atom. The van der Waals surface area contributed by atoms with E-state index < -0.39 is 24.2 Å². The first-order valence-electron chi connectivity index (χ1n) is 6.13. The first kappa shape index (κ1) is 17.2. The molecular weight excluding hydrogens is 249 g/mol. The summed E-state index contributed by atoms with van der Waals surface area (Å²) in [5, 5.41) is 0. The lowest BCUT2D eigenvalue weighted by molar-refractivity contribution is -0.195. The van der Waals surface area contributed by atoms with E-state index in [2.05, 4.69) is 4.74 Å². The van der Waals surface area contributed by atoms with Crippen LogP contribution in [0.4, 0.5) is 13.2 Å². The summed E-state index contributed by atoms with van der Waals surface area (Å²) in [6.07, 6.45) is -2.76. The van der Waals surface area contributed by atoms with Gasteiger partial charge in [-0.1, -0.05) is 26.7 Å². The molecule has 0 N–H and O–H groups in total. The molecule has 108 valence electrons. The van der Waals surface area contributed by atoms with Gasteiger partial charge in [0.1, 0.15) is 6.10 Å². The molecule has 0 aliphatic carbocycles. The second-order valence-corrected chi connectivity index (χ2v) is 4.06. The minimum Gasteiger partial charge on any atom is -0.467 e. The molecular formula is C12H21F3O3. The molecule has 0 spiro atoms.